The summed E-state index contributed by atoms with van der Waals surface area (Å²) in [5.41, 5.74) is 5.75. The number of nitrogens with zero attached hydrogens (tertiary/aromatic N) is 4. The van der Waals surface area contributed by atoms with E-state index in [0.717, 1.165) is 54.9 Å². The lowest BCUT2D eigenvalue weighted by Crippen LogP contribution is -2.47. The van der Waals surface area contributed by atoms with Gasteiger partial charge in [0.25, 0.3) is 0 Å². The van der Waals surface area contributed by atoms with Crippen molar-refractivity contribution in [1.29, 1.82) is 0 Å². The molecule has 31 heavy (non-hydrogen) atoms. The number of allylic oxidation sites excluding steroid dienone is 2. The van der Waals surface area contributed by atoms with Crippen LogP contribution in [0.15, 0.2) is 42.8 Å². The van der Waals surface area contributed by atoms with Crippen LogP contribution in [0.2, 0.25) is 0 Å². The van der Waals surface area contributed by atoms with Gasteiger partial charge in [0, 0.05) is 68.2 Å². The highest BCUT2D eigenvalue weighted by atomic mass is 15.3. The van der Waals surface area contributed by atoms with Crippen molar-refractivity contribution in [1.82, 2.24) is 20.0 Å². The van der Waals surface area contributed by atoms with Gasteiger partial charge < -0.3 is 10.2 Å². The van der Waals surface area contributed by atoms with Crippen LogP contribution in [0.25, 0.3) is 10.9 Å². The average Bonchev–Trinajstić information content (AvgIpc) is 3.37. The first-order valence-electron chi connectivity index (χ1n) is 12.1. The highest BCUT2D eigenvalue weighted by Crippen LogP contribution is 2.39. The number of fused-ring (bicyclic) bond motifs is 1. The van der Waals surface area contributed by atoms with Gasteiger partial charge in [0.1, 0.15) is 0 Å². The summed E-state index contributed by atoms with van der Waals surface area (Å²) in [5.74, 6) is 2.15. The SMILES string of the molecule is C=C1CCC(c2nn(C)c3cc(N4CCN(CC5CC5C)CC4)ccc23)C(=C)N1.CC. The number of piperidine rings is 1. The van der Waals surface area contributed by atoms with Gasteiger partial charge in [0.05, 0.1) is 11.2 Å². The minimum Gasteiger partial charge on any atom is -0.369 e. The molecule has 1 aliphatic carbocycles. The minimum atomic E-state index is 0.253. The summed E-state index contributed by atoms with van der Waals surface area (Å²) in [5, 5.41) is 9.48. The fourth-order valence-corrected chi connectivity index (χ4v) is 5.07. The molecule has 3 unspecified atom stereocenters. The molecule has 1 saturated carbocycles. The van der Waals surface area contributed by atoms with Gasteiger partial charge in [-0.15, -0.1) is 0 Å². The Labute approximate surface area is 187 Å². The summed E-state index contributed by atoms with van der Waals surface area (Å²) < 4.78 is 2.04. The first kappa shape index (κ1) is 21.9. The van der Waals surface area contributed by atoms with E-state index in [9.17, 15) is 0 Å². The Morgan fingerprint density at radius 1 is 1.13 bits per heavy atom. The number of rotatable bonds is 4. The molecule has 2 aliphatic heterocycles. The molecule has 3 aliphatic rings. The Bertz CT molecular complexity index is 950. The van der Waals surface area contributed by atoms with Crippen molar-refractivity contribution in [2.24, 2.45) is 18.9 Å². The van der Waals surface area contributed by atoms with Crippen molar-refractivity contribution in [2.75, 3.05) is 37.6 Å². The van der Waals surface area contributed by atoms with Gasteiger partial charge in [-0.2, -0.15) is 5.10 Å². The number of aromatic nitrogens is 2. The van der Waals surface area contributed by atoms with Crippen molar-refractivity contribution in [3.8, 4) is 0 Å². The van der Waals surface area contributed by atoms with Crippen molar-refractivity contribution >= 4 is 16.6 Å². The summed E-state index contributed by atoms with van der Waals surface area (Å²) in [6.07, 6.45) is 3.43. The molecule has 168 valence electrons. The van der Waals surface area contributed by atoms with E-state index in [2.05, 4.69) is 60.4 Å². The molecule has 5 rings (SSSR count). The maximum absolute atomic E-state index is 4.89. The molecular formula is C26H39N5. The molecule has 2 saturated heterocycles. The lowest BCUT2D eigenvalue weighted by atomic mass is 9.90. The van der Waals surface area contributed by atoms with E-state index in [4.69, 9.17) is 5.10 Å². The normalized spacial score (nSPS) is 26.5. The molecule has 3 fully saturated rings. The lowest BCUT2D eigenvalue weighted by molar-refractivity contribution is 0.244. The topological polar surface area (TPSA) is 36.3 Å². The molecule has 0 amide bonds. The second kappa shape index (κ2) is 9.07. The van der Waals surface area contributed by atoms with E-state index in [1.807, 2.05) is 18.5 Å². The first-order valence-corrected chi connectivity index (χ1v) is 12.1. The van der Waals surface area contributed by atoms with Gasteiger partial charge in [0.2, 0.25) is 0 Å². The van der Waals surface area contributed by atoms with E-state index >= 15 is 0 Å². The maximum Gasteiger partial charge on any atom is 0.0792 e. The first-order chi connectivity index (χ1) is 15.0. The van der Waals surface area contributed by atoms with Crippen LogP contribution in [0.3, 0.4) is 0 Å². The molecule has 5 heteroatoms. The van der Waals surface area contributed by atoms with Gasteiger partial charge in [0.15, 0.2) is 0 Å². The van der Waals surface area contributed by atoms with E-state index in [1.54, 1.807) is 0 Å². The number of nitrogens with one attached hydrogen (secondary N) is 1. The van der Waals surface area contributed by atoms with Gasteiger partial charge >= 0.3 is 0 Å². The Kier molecular flexibility index (Phi) is 6.42. The van der Waals surface area contributed by atoms with Crippen molar-refractivity contribution in [2.45, 2.75) is 46.0 Å². The Hall–Kier alpha value is -2.27. The smallest absolute Gasteiger partial charge is 0.0792 e. The van der Waals surface area contributed by atoms with Crippen LogP contribution in [0, 0.1) is 11.8 Å². The number of benzene rings is 1. The highest BCUT2D eigenvalue weighted by Gasteiger charge is 2.34. The molecule has 3 heterocycles. The zero-order valence-electron chi connectivity index (χ0n) is 19.8. The molecular weight excluding hydrogens is 382 g/mol. The Morgan fingerprint density at radius 3 is 2.48 bits per heavy atom. The van der Waals surface area contributed by atoms with Crippen LogP contribution in [0.5, 0.6) is 0 Å². The van der Waals surface area contributed by atoms with Gasteiger partial charge in [-0.3, -0.25) is 9.58 Å². The molecule has 1 aromatic carbocycles. The third-order valence-corrected chi connectivity index (χ3v) is 7.19. The number of piperazine rings is 1. The van der Waals surface area contributed by atoms with E-state index < -0.39 is 0 Å². The highest BCUT2D eigenvalue weighted by molar-refractivity contribution is 5.86. The summed E-state index contributed by atoms with van der Waals surface area (Å²) in [4.78, 5) is 5.19. The van der Waals surface area contributed by atoms with E-state index in [1.165, 1.54) is 42.6 Å². The fraction of sp³-hybridized carbons (Fsp3) is 0.577. The third kappa shape index (κ3) is 4.52. The maximum atomic E-state index is 4.89. The molecule has 5 nitrogen and oxygen atoms in total. The lowest BCUT2D eigenvalue weighted by Gasteiger charge is -2.36. The van der Waals surface area contributed by atoms with Gasteiger partial charge in [-0.25, -0.2) is 0 Å². The Morgan fingerprint density at radius 2 is 1.84 bits per heavy atom. The predicted molar refractivity (Wildman–Crippen MR) is 131 cm³/mol. The van der Waals surface area contributed by atoms with Crippen molar-refractivity contribution in [3.05, 3.63) is 48.4 Å². The minimum absolute atomic E-state index is 0.253. The summed E-state index contributed by atoms with van der Waals surface area (Å²) >= 11 is 0. The standard InChI is InChI=1S/C24H33N5.C2H6/c1-16-13-19(16)15-28-9-11-29(12-10-28)20-6-8-22-23(14-20)27(4)26-24(22)21-7-5-17(2)25-18(21)3;1-2/h6,8,14,16,19,21,25H,2-3,5,7,9-13,15H2,1,4H3;1-2H3. The summed E-state index contributed by atoms with van der Waals surface area (Å²) in [7, 11) is 2.06. The molecule has 1 aromatic heterocycles. The van der Waals surface area contributed by atoms with Gasteiger partial charge in [-0.1, -0.05) is 33.9 Å². The number of hydrogen-bond acceptors (Lipinski definition) is 4. The molecule has 2 aromatic rings. The summed E-state index contributed by atoms with van der Waals surface area (Å²) in [6.45, 7) is 20.5. The summed E-state index contributed by atoms with van der Waals surface area (Å²) in [6, 6.07) is 6.87. The second-order valence-electron chi connectivity index (χ2n) is 9.32. The zero-order valence-corrected chi connectivity index (χ0v) is 19.8. The van der Waals surface area contributed by atoms with Crippen LogP contribution >= 0.6 is 0 Å². The molecule has 1 N–H and O–H groups in total. The number of aryl methyl sites for hydroxylation is 1. The zero-order chi connectivity index (χ0) is 22.1. The monoisotopic (exact) mass is 421 g/mol. The molecule has 3 atom stereocenters. The van der Waals surface area contributed by atoms with Crippen LogP contribution < -0.4 is 10.2 Å². The Balaban J connectivity index is 0.00000112. The van der Waals surface area contributed by atoms with Crippen molar-refractivity contribution in [3.63, 3.8) is 0 Å². The molecule has 0 radical (unpaired) electrons. The largest absolute Gasteiger partial charge is 0.369 e. The van der Waals surface area contributed by atoms with E-state index in [0.29, 0.717) is 0 Å². The van der Waals surface area contributed by atoms with Crippen molar-refractivity contribution < 1.29 is 0 Å². The average molecular weight is 422 g/mol. The van der Waals surface area contributed by atoms with Gasteiger partial charge in [-0.05, 0) is 49.3 Å². The van der Waals surface area contributed by atoms with Crippen LogP contribution in [0.4, 0.5) is 5.69 Å². The predicted octanol–water partition coefficient (Wildman–Crippen LogP) is 4.87. The molecule has 0 bridgehead atoms. The van der Waals surface area contributed by atoms with Crippen LogP contribution in [-0.2, 0) is 7.05 Å². The third-order valence-electron chi connectivity index (χ3n) is 7.19. The number of anilines is 1. The fourth-order valence-electron chi connectivity index (χ4n) is 5.07. The van der Waals surface area contributed by atoms with Crippen LogP contribution in [-0.4, -0.2) is 47.4 Å². The number of hydrogen-bond donors (Lipinski definition) is 1. The second-order valence-corrected chi connectivity index (χ2v) is 9.32. The van der Waals surface area contributed by atoms with Crippen LogP contribution in [0.1, 0.15) is 51.6 Å². The molecule has 0 spiro atoms. The van der Waals surface area contributed by atoms with E-state index in [-0.39, 0.29) is 5.92 Å². The quantitative estimate of drug-likeness (QED) is 0.764.